The van der Waals surface area contributed by atoms with E-state index >= 15 is 0 Å². The van der Waals surface area contributed by atoms with Crippen LogP contribution in [0.25, 0.3) is 10.2 Å². The number of hydrogen-bond donors (Lipinski definition) is 1. The number of halogens is 2. The molecule has 1 aliphatic heterocycles. The topological polar surface area (TPSA) is 76.6 Å². The van der Waals surface area contributed by atoms with Crippen LogP contribution in [0.1, 0.15) is 27.5 Å². The van der Waals surface area contributed by atoms with E-state index in [1.54, 1.807) is 13.2 Å². The van der Waals surface area contributed by atoms with Crippen LogP contribution in [0, 0.1) is 24.5 Å². The zero-order chi connectivity index (χ0) is 22.8. The van der Waals surface area contributed by atoms with Crippen LogP contribution in [0.3, 0.4) is 0 Å². The molecule has 0 bridgehead atoms. The number of nitrogens with zero attached hydrogens (tertiary/aromatic N) is 3. The van der Waals surface area contributed by atoms with Crippen molar-refractivity contribution in [3.05, 3.63) is 46.1 Å². The monoisotopic (exact) mass is 462 g/mol. The van der Waals surface area contributed by atoms with Crippen LogP contribution in [-0.4, -0.2) is 49.7 Å². The summed E-state index contributed by atoms with van der Waals surface area (Å²) >= 11 is 1.30. The summed E-state index contributed by atoms with van der Waals surface area (Å²) in [6.45, 7) is 3.99. The molecule has 1 aromatic carbocycles. The largest absolute Gasteiger partial charge is 0.480 e. The van der Waals surface area contributed by atoms with Gasteiger partial charge in [0.15, 0.2) is 17.5 Å². The van der Waals surface area contributed by atoms with E-state index in [-0.39, 0.29) is 18.4 Å². The second-order valence-electron chi connectivity index (χ2n) is 7.73. The SMILES string of the molecule is COCc1nc(OC)c2c(C)c(C(=O)NCC3CCN(c4ccc(F)c(F)c4)C3)sc2n1. The molecule has 32 heavy (non-hydrogen) atoms. The number of thiophene rings is 1. The predicted octanol–water partition coefficient (Wildman–Crippen LogP) is 3.69. The molecule has 7 nitrogen and oxygen atoms in total. The summed E-state index contributed by atoms with van der Waals surface area (Å²) in [5.41, 5.74) is 1.42. The van der Waals surface area contributed by atoms with Gasteiger partial charge in [0.2, 0.25) is 5.88 Å². The maximum absolute atomic E-state index is 13.5. The Hall–Kier alpha value is -2.85. The summed E-state index contributed by atoms with van der Waals surface area (Å²) in [6.07, 6.45) is 0.852. The zero-order valence-electron chi connectivity index (χ0n) is 18.1. The fourth-order valence-corrected chi connectivity index (χ4v) is 5.04. The fraction of sp³-hybridized carbons (Fsp3) is 0.409. The van der Waals surface area contributed by atoms with Crippen LogP contribution in [0.2, 0.25) is 0 Å². The van der Waals surface area contributed by atoms with Crippen molar-refractivity contribution in [1.82, 2.24) is 15.3 Å². The molecule has 1 saturated heterocycles. The molecule has 0 spiro atoms. The van der Waals surface area contributed by atoms with E-state index in [1.807, 2.05) is 11.8 Å². The number of fused-ring (bicyclic) bond motifs is 1. The number of carbonyl (C=O) groups excluding carboxylic acids is 1. The summed E-state index contributed by atoms with van der Waals surface area (Å²) < 4.78 is 37.2. The Labute approximate surface area is 188 Å². The molecule has 1 amide bonds. The zero-order valence-corrected chi connectivity index (χ0v) is 18.9. The molecule has 2 aromatic heterocycles. The number of ether oxygens (including phenoxy) is 2. The lowest BCUT2D eigenvalue weighted by Gasteiger charge is -2.19. The molecule has 1 fully saturated rings. The second-order valence-corrected chi connectivity index (χ2v) is 8.73. The van der Waals surface area contributed by atoms with Crippen LogP contribution >= 0.6 is 11.3 Å². The van der Waals surface area contributed by atoms with E-state index in [0.29, 0.717) is 40.2 Å². The Kier molecular flexibility index (Phi) is 6.52. The second kappa shape index (κ2) is 9.33. The Morgan fingerprint density at radius 2 is 2.09 bits per heavy atom. The van der Waals surface area contributed by atoms with Crippen LogP contribution in [-0.2, 0) is 11.3 Å². The third-order valence-corrected chi connectivity index (χ3v) is 6.77. The lowest BCUT2D eigenvalue weighted by atomic mass is 10.1. The quantitative estimate of drug-likeness (QED) is 0.577. The molecule has 0 radical (unpaired) electrons. The predicted molar refractivity (Wildman–Crippen MR) is 118 cm³/mol. The van der Waals surface area contributed by atoms with Crippen molar-refractivity contribution in [2.24, 2.45) is 5.92 Å². The molecule has 4 rings (SSSR count). The van der Waals surface area contributed by atoms with Gasteiger partial charge in [-0.25, -0.2) is 13.8 Å². The maximum atomic E-state index is 13.5. The normalized spacial score (nSPS) is 16.0. The molecular weight excluding hydrogens is 438 g/mol. The van der Waals surface area contributed by atoms with Gasteiger partial charge in [0.25, 0.3) is 5.91 Å². The van der Waals surface area contributed by atoms with Crippen molar-refractivity contribution in [2.45, 2.75) is 20.0 Å². The van der Waals surface area contributed by atoms with E-state index in [0.717, 1.165) is 30.0 Å². The minimum atomic E-state index is -0.855. The van der Waals surface area contributed by atoms with E-state index in [4.69, 9.17) is 9.47 Å². The molecule has 1 atom stereocenters. The van der Waals surface area contributed by atoms with Gasteiger partial charge < -0.3 is 19.7 Å². The maximum Gasteiger partial charge on any atom is 0.261 e. The van der Waals surface area contributed by atoms with Crippen LogP contribution in [0.4, 0.5) is 14.5 Å². The summed E-state index contributed by atoms with van der Waals surface area (Å²) in [5, 5.41) is 3.74. The summed E-state index contributed by atoms with van der Waals surface area (Å²) in [6, 6.07) is 3.93. The number of rotatable bonds is 7. The Morgan fingerprint density at radius 1 is 1.28 bits per heavy atom. The molecule has 0 saturated carbocycles. The molecule has 1 aliphatic rings. The number of anilines is 1. The highest BCUT2D eigenvalue weighted by molar-refractivity contribution is 7.20. The Balaban J connectivity index is 1.44. The highest BCUT2D eigenvalue weighted by Crippen LogP contribution is 2.35. The average molecular weight is 463 g/mol. The van der Waals surface area contributed by atoms with Gasteiger partial charge in [-0.05, 0) is 37.0 Å². The summed E-state index contributed by atoms with van der Waals surface area (Å²) in [5.74, 6) is -0.754. The molecule has 0 aliphatic carbocycles. The van der Waals surface area contributed by atoms with Crippen molar-refractivity contribution in [2.75, 3.05) is 38.8 Å². The van der Waals surface area contributed by atoms with Gasteiger partial charge in [-0.2, -0.15) is 4.98 Å². The first-order valence-corrected chi connectivity index (χ1v) is 11.0. The number of benzene rings is 1. The van der Waals surface area contributed by atoms with E-state index in [1.165, 1.54) is 24.5 Å². The van der Waals surface area contributed by atoms with Gasteiger partial charge in [-0.1, -0.05) is 0 Å². The minimum Gasteiger partial charge on any atom is -0.480 e. The van der Waals surface area contributed by atoms with E-state index < -0.39 is 11.6 Å². The molecule has 10 heteroatoms. The summed E-state index contributed by atoms with van der Waals surface area (Å²) in [7, 11) is 3.10. The third kappa shape index (κ3) is 4.37. The fourth-order valence-electron chi connectivity index (χ4n) is 3.93. The van der Waals surface area contributed by atoms with Gasteiger partial charge in [0.1, 0.15) is 11.4 Å². The van der Waals surface area contributed by atoms with Gasteiger partial charge in [0, 0.05) is 38.5 Å². The molecule has 3 heterocycles. The van der Waals surface area contributed by atoms with Gasteiger partial charge in [-0.15, -0.1) is 11.3 Å². The minimum absolute atomic E-state index is 0.174. The lowest BCUT2D eigenvalue weighted by molar-refractivity contribution is 0.0952. The van der Waals surface area contributed by atoms with Crippen molar-refractivity contribution in [3.8, 4) is 5.88 Å². The molecule has 1 unspecified atom stereocenters. The van der Waals surface area contributed by atoms with Gasteiger partial charge >= 0.3 is 0 Å². The van der Waals surface area contributed by atoms with Gasteiger partial charge in [0.05, 0.1) is 17.4 Å². The molecule has 3 aromatic rings. The highest BCUT2D eigenvalue weighted by atomic mass is 32.1. The van der Waals surface area contributed by atoms with Crippen molar-refractivity contribution in [3.63, 3.8) is 0 Å². The first-order valence-electron chi connectivity index (χ1n) is 10.2. The average Bonchev–Trinajstić information content (AvgIpc) is 3.38. The number of methoxy groups -OCH3 is 2. The number of carbonyl (C=O) groups is 1. The van der Waals surface area contributed by atoms with Crippen molar-refractivity contribution >= 4 is 33.1 Å². The standard InChI is InChI=1S/C22H24F2N4O3S/c1-12-18-21(31-3)26-17(11-30-2)27-22(18)32-19(12)20(29)25-9-13-6-7-28(10-13)14-4-5-15(23)16(24)8-14/h4-5,8,13H,6-7,9-11H2,1-3H3,(H,25,29). The third-order valence-electron chi connectivity index (χ3n) is 5.58. The smallest absolute Gasteiger partial charge is 0.261 e. The first-order chi connectivity index (χ1) is 15.4. The van der Waals surface area contributed by atoms with Crippen LogP contribution in [0.5, 0.6) is 5.88 Å². The van der Waals surface area contributed by atoms with Crippen LogP contribution in [0.15, 0.2) is 18.2 Å². The number of amides is 1. The number of hydrogen-bond acceptors (Lipinski definition) is 7. The molecule has 170 valence electrons. The number of nitrogens with one attached hydrogen (secondary N) is 1. The van der Waals surface area contributed by atoms with Crippen LogP contribution < -0.4 is 15.0 Å². The van der Waals surface area contributed by atoms with Crippen molar-refractivity contribution < 1.29 is 23.0 Å². The summed E-state index contributed by atoms with van der Waals surface area (Å²) in [4.78, 5) is 25.0. The number of aromatic nitrogens is 2. The molecular formula is C22H24F2N4O3S. The van der Waals surface area contributed by atoms with E-state index in [2.05, 4.69) is 15.3 Å². The first kappa shape index (κ1) is 22.3. The Morgan fingerprint density at radius 3 is 2.81 bits per heavy atom. The molecule has 1 N–H and O–H groups in total. The van der Waals surface area contributed by atoms with E-state index in [9.17, 15) is 13.6 Å². The highest BCUT2D eigenvalue weighted by Gasteiger charge is 2.26. The lowest BCUT2D eigenvalue weighted by Crippen LogP contribution is -2.30. The van der Waals surface area contributed by atoms with Gasteiger partial charge in [-0.3, -0.25) is 4.79 Å². The Bertz CT molecular complexity index is 1150. The van der Waals surface area contributed by atoms with Crippen molar-refractivity contribution in [1.29, 1.82) is 0 Å². The number of aryl methyl sites for hydroxylation is 1.